The number of anilines is 1. The molecule has 0 aromatic heterocycles. The van der Waals surface area contributed by atoms with Gasteiger partial charge >= 0.3 is 0 Å². The molecule has 0 bridgehead atoms. The van der Waals surface area contributed by atoms with Crippen LogP contribution in [0.4, 0.5) is 5.69 Å². The first kappa shape index (κ1) is 13.3. The summed E-state index contributed by atoms with van der Waals surface area (Å²) in [5.74, 6) is 0.337. The van der Waals surface area contributed by atoms with E-state index in [1.807, 2.05) is 7.05 Å². The topological polar surface area (TPSA) is 70.6 Å². The quantitative estimate of drug-likeness (QED) is 0.654. The highest BCUT2D eigenvalue weighted by Crippen LogP contribution is 2.28. The fourth-order valence-corrected chi connectivity index (χ4v) is 1.42. The third-order valence-electron chi connectivity index (χ3n) is 2.29. The summed E-state index contributed by atoms with van der Waals surface area (Å²) in [6, 6.07) is 4.77. The lowest BCUT2D eigenvalue weighted by atomic mass is 10.2. The van der Waals surface area contributed by atoms with Gasteiger partial charge in [-0.1, -0.05) is 0 Å². The molecule has 0 radical (unpaired) electrons. The molecule has 0 atom stereocenters. The minimum Gasteiger partial charge on any atom is -0.504 e. The average Bonchev–Trinajstić information content (AvgIpc) is 2.29. The predicted octanol–water partition coefficient (Wildman–Crippen LogP) is 1.34. The van der Waals surface area contributed by atoms with Crippen molar-refractivity contribution < 1.29 is 14.6 Å². The molecule has 0 unspecified atom stereocenters. The molecule has 0 fully saturated rings. The van der Waals surface area contributed by atoms with E-state index in [0.717, 1.165) is 13.0 Å². The van der Waals surface area contributed by atoms with Crippen molar-refractivity contribution in [3.8, 4) is 11.5 Å². The number of ether oxygens (including phenoxy) is 1. The predicted molar refractivity (Wildman–Crippen MR) is 66.4 cm³/mol. The van der Waals surface area contributed by atoms with Gasteiger partial charge in [-0.3, -0.25) is 4.79 Å². The van der Waals surface area contributed by atoms with Crippen LogP contribution in [0.15, 0.2) is 18.2 Å². The Hall–Kier alpha value is -1.75. The van der Waals surface area contributed by atoms with Crippen LogP contribution in [-0.4, -0.2) is 31.7 Å². The van der Waals surface area contributed by atoms with E-state index in [4.69, 9.17) is 4.74 Å². The number of amides is 1. The number of aromatic hydroxyl groups is 1. The third kappa shape index (κ3) is 4.32. The molecular formula is C12H18N2O3. The second kappa shape index (κ2) is 6.75. The van der Waals surface area contributed by atoms with Gasteiger partial charge in [0, 0.05) is 18.2 Å². The van der Waals surface area contributed by atoms with Crippen molar-refractivity contribution in [2.24, 2.45) is 0 Å². The number of hydrogen-bond donors (Lipinski definition) is 3. The lowest BCUT2D eigenvalue weighted by Crippen LogP contribution is -2.15. The summed E-state index contributed by atoms with van der Waals surface area (Å²) in [7, 11) is 3.32. The molecule has 0 saturated heterocycles. The highest BCUT2D eigenvalue weighted by atomic mass is 16.5. The van der Waals surface area contributed by atoms with E-state index in [0.29, 0.717) is 17.9 Å². The van der Waals surface area contributed by atoms with Crippen molar-refractivity contribution in [2.45, 2.75) is 12.8 Å². The molecule has 3 N–H and O–H groups in total. The zero-order valence-corrected chi connectivity index (χ0v) is 10.1. The monoisotopic (exact) mass is 238 g/mol. The number of benzene rings is 1. The Morgan fingerprint density at radius 3 is 2.82 bits per heavy atom. The average molecular weight is 238 g/mol. The van der Waals surface area contributed by atoms with E-state index < -0.39 is 0 Å². The smallest absolute Gasteiger partial charge is 0.224 e. The maximum atomic E-state index is 11.5. The SMILES string of the molecule is CNCCCC(=O)Nc1ccc(OC)c(O)c1. The molecule has 1 aromatic carbocycles. The van der Waals surface area contributed by atoms with Gasteiger partial charge in [-0.15, -0.1) is 0 Å². The first-order valence-corrected chi connectivity index (χ1v) is 5.49. The lowest BCUT2D eigenvalue weighted by Gasteiger charge is -2.08. The maximum Gasteiger partial charge on any atom is 0.224 e. The van der Waals surface area contributed by atoms with Crippen LogP contribution >= 0.6 is 0 Å². The van der Waals surface area contributed by atoms with E-state index in [-0.39, 0.29) is 11.7 Å². The van der Waals surface area contributed by atoms with Gasteiger partial charge in [0.2, 0.25) is 5.91 Å². The summed E-state index contributed by atoms with van der Waals surface area (Å²) < 4.78 is 4.91. The molecule has 1 amide bonds. The van der Waals surface area contributed by atoms with E-state index in [9.17, 15) is 9.90 Å². The van der Waals surface area contributed by atoms with Gasteiger partial charge in [0.05, 0.1) is 7.11 Å². The Bertz CT molecular complexity index is 380. The standard InChI is InChI=1S/C12H18N2O3/c1-13-7-3-4-12(16)14-9-5-6-11(17-2)10(15)8-9/h5-6,8,13,15H,3-4,7H2,1-2H3,(H,14,16). The molecule has 0 saturated carbocycles. The Kier molecular flexibility index (Phi) is 5.29. The summed E-state index contributed by atoms with van der Waals surface area (Å²) in [5.41, 5.74) is 0.567. The van der Waals surface area contributed by atoms with Gasteiger partial charge in [0.1, 0.15) is 0 Å². The number of phenolic OH excluding ortho intramolecular Hbond substituents is 1. The highest BCUT2D eigenvalue weighted by Gasteiger charge is 2.05. The number of phenols is 1. The van der Waals surface area contributed by atoms with Crippen molar-refractivity contribution in [3.05, 3.63) is 18.2 Å². The van der Waals surface area contributed by atoms with Crippen LogP contribution in [0.1, 0.15) is 12.8 Å². The van der Waals surface area contributed by atoms with Gasteiger partial charge in [0.15, 0.2) is 11.5 Å². The van der Waals surface area contributed by atoms with Crippen LogP contribution in [-0.2, 0) is 4.79 Å². The molecule has 5 nitrogen and oxygen atoms in total. The fourth-order valence-electron chi connectivity index (χ4n) is 1.42. The minimum absolute atomic E-state index is 0.0144. The van der Waals surface area contributed by atoms with E-state index >= 15 is 0 Å². The Balaban J connectivity index is 2.51. The van der Waals surface area contributed by atoms with Crippen LogP contribution in [0.2, 0.25) is 0 Å². The Morgan fingerprint density at radius 1 is 1.47 bits per heavy atom. The van der Waals surface area contributed by atoms with E-state index in [1.54, 1.807) is 12.1 Å². The lowest BCUT2D eigenvalue weighted by molar-refractivity contribution is -0.116. The fraction of sp³-hybridized carbons (Fsp3) is 0.417. The second-order valence-corrected chi connectivity index (χ2v) is 3.64. The number of carbonyl (C=O) groups is 1. The van der Waals surface area contributed by atoms with Crippen molar-refractivity contribution in [1.82, 2.24) is 5.32 Å². The highest BCUT2D eigenvalue weighted by molar-refractivity contribution is 5.91. The number of carbonyl (C=O) groups excluding carboxylic acids is 1. The third-order valence-corrected chi connectivity index (χ3v) is 2.29. The van der Waals surface area contributed by atoms with E-state index in [1.165, 1.54) is 13.2 Å². The molecule has 94 valence electrons. The van der Waals surface area contributed by atoms with Crippen LogP contribution < -0.4 is 15.4 Å². The molecule has 0 spiro atoms. The molecule has 0 aliphatic rings. The van der Waals surface area contributed by atoms with Crippen LogP contribution in [0.3, 0.4) is 0 Å². The largest absolute Gasteiger partial charge is 0.504 e. The van der Waals surface area contributed by atoms with Crippen molar-refractivity contribution in [2.75, 3.05) is 26.0 Å². The van der Waals surface area contributed by atoms with Gasteiger partial charge in [0.25, 0.3) is 0 Å². The molecule has 5 heteroatoms. The summed E-state index contributed by atoms with van der Waals surface area (Å²) in [4.78, 5) is 11.5. The first-order valence-electron chi connectivity index (χ1n) is 5.49. The molecule has 0 aliphatic carbocycles. The summed E-state index contributed by atoms with van der Waals surface area (Å²) in [5, 5.41) is 15.2. The van der Waals surface area contributed by atoms with Crippen LogP contribution in [0.5, 0.6) is 11.5 Å². The zero-order chi connectivity index (χ0) is 12.7. The molecule has 1 aromatic rings. The van der Waals surface area contributed by atoms with Crippen LogP contribution in [0, 0.1) is 0 Å². The van der Waals surface area contributed by atoms with Gasteiger partial charge < -0.3 is 20.5 Å². The Morgan fingerprint density at radius 2 is 2.24 bits per heavy atom. The maximum absolute atomic E-state index is 11.5. The minimum atomic E-state index is -0.0650. The molecule has 17 heavy (non-hydrogen) atoms. The summed E-state index contributed by atoms with van der Waals surface area (Å²) in [6.07, 6.45) is 1.23. The molecule has 0 heterocycles. The van der Waals surface area contributed by atoms with Crippen molar-refractivity contribution in [1.29, 1.82) is 0 Å². The number of methoxy groups -OCH3 is 1. The number of rotatable bonds is 6. The van der Waals surface area contributed by atoms with Crippen LogP contribution in [0.25, 0.3) is 0 Å². The second-order valence-electron chi connectivity index (χ2n) is 3.64. The van der Waals surface area contributed by atoms with Gasteiger partial charge in [-0.2, -0.15) is 0 Å². The number of hydrogen-bond acceptors (Lipinski definition) is 4. The summed E-state index contributed by atoms with van der Waals surface area (Å²) in [6.45, 7) is 0.807. The molecule has 0 aliphatic heterocycles. The van der Waals surface area contributed by atoms with Gasteiger partial charge in [-0.05, 0) is 32.1 Å². The molecular weight excluding hydrogens is 220 g/mol. The number of nitrogens with one attached hydrogen (secondary N) is 2. The normalized spacial score (nSPS) is 10.0. The Labute approximate surface area is 101 Å². The van der Waals surface area contributed by atoms with Gasteiger partial charge in [-0.25, -0.2) is 0 Å². The zero-order valence-electron chi connectivity index (χ0n) is 10.1. The van der Waals surface area contributed by atoms with Crippen molar-refractivity contribution in [3.63, 3.8) is 0 Å². The summed E-state index contributed by atoms with van der Waals surface area (Å²) >= 11 is 0. The van der Waals surface area contributed by atoms with E-state index in [2.05, 4.69) is 10.6 Å². The molecule has 1 rings (SSSR count). The first-order chi connectivity index (χ1) is 8.17. The van der Waals surface area contributed by atoms with Crippen molar-refractivity contribution >= 4 is 11.6 Å².